The Morgan fingerprint density at radius 1 is 0.855 bits per heavy atom. The van der Waals surface area contributed by atoms with Gasteiger partial charge in [-0.25, -0.2) is 9.78 Å². The number of fused-ring (bicyclic) bond motifs is 2. The highest BCUT2D eigenvalue weighted by Crippen LogP contribution is 2.34. The summed E-state index contributed by atoms with van der Waals surface area (Å²) in [5.74, 6) is -0.420. The molecule has 3 atom stereocenters. The number of hydrogen-bond donors (Lipinski definition) is 2. The molecule has 4 saturated heterocycles. The summed E-state index contributed by atoms with van der Waals surface area (Å²) in [7, 11) is 0. The van der Waals surface area contributed by atoms with Gasteiger partial charge in [0.25, 0.3) is 11.8 Å². The minimum Gasteiger partial charge on any atom is -0.369 e. The molecule has 9 rings (SSSR count). The molecule has 62 heavy (non-hydrogen) atoms. The third-order valence-corrected chi connectivity index (χ3v) is 13.4. The second-order valence-corrected chi connectivity index (χ2v) is 17.2. The van der Waals surface area contributed by atoms with Crippen molar-refractivity contribution in [2.24, 2.45) is 5.92 Å². The monoisotopic (exact) mass is 837 g/mol. The number of pyridine rings is 2. The van der Waals surface area contributed by atoms with Gasteiger partial charge >= 0.3 is 6.03 Å². The van der Waals surface area contributed by atoms with Crippen LogP contribution in [0.2, 0.25) is 0 Å². The van der Waals surface area contributed by atoms with E-state index in [9.17, 15) is 29.2 Å². The fourth-order valence-electron chi connectivity index (χ4n) is 9.79. The molecular weight excluding hydrogens is 787 g/mol. The number of piperidine rings is 2. The minimum atomic E-state index is -0.972. The molecule has 6 amide bonds. The van der Waals surface area contributed by atoms with Crippen LogP contribution in [-0.4, -0.2) is 131 Å². The normalized spacial score (nSPS) is 22.5. The largest absolute Gasteiger partial charge is 0.369 e. The molecule has 16 nitrogen and oxygen atoms in total. The van der Waals surface area contributed by atoms with Crippen LogP contribution >= 0.6 is 0 Å². The van der Waals surface area contributed by atoms with Gasteiger partial charge in [-0.05, 0) is 107 Å². The van der Waals surface area contributed by atoms with Crippen molar-refractivity contribution in [1.29, 1.82) is 5.26 Å². The number of rotatable bonds is 8. The molecule has 16 heteroatoms. The number of urea groups is 1. The van der Waals surface area contributed by atoms with Crippen LogP contribution in [0.3, 0.4) is 0 Å². The van der Waals surface area contributed by atoms with E-state index < -0.39 is 29.7 Å². The molecular formula is C46H51N11O5. The molecule has 2 aromatic heterocycles. The Morgan fingerprint density at radius 2 is 1.65 bits per heavy atom. The lowest BCUT2D eigenvalue weighted by molar-refractivity contribution is -0.136. The van der Waals surface area contributed by atoms with Crippen molar-refractivity contribution in [3.8, 4) is 6.07 Å². The molecule has 5 aliphatic rings. The van der Waals surface area contributed by atoms with Crippen molar-refractivity contribution in [3.63, 3.8) is 0 Å². The van der Waals surface area contributed by atoms with E-state index in [-0.39, 0.29) is 31.0 Å². The summed E-state index contributed by atoms with van der Waals surface area (Å²) in [6.45, 7) is 11.7. The molecule has 0 bridgehead atoms. The van der Waals surface area contributed by atoms with E-state index in [0.29, 0.717) is 46.9 Å². The summed E-state index contributed by atoms with van der Waals surface area (Å²) in [6.07, 6.45) is 7.00. The smallest absolute Gasteiger partial charge is 0.322 e. The highest BCUT2D eigenvalue weighted by molar-refractivity contribution is 6.23. The molecule has 0 spiro atoms. The van der Waals surface area contributed by atoms with Gasteiger partial charge in [0.2, 0.25) is 11.8 Å². The van der Waals surface area contributed by atoms with Crippen LogP contribution in [-0.2, 0) is 9.59 Å². The Morgan fingerprint density at radius 3 is 2.39 bits per heavy atom. The maximum Gasteiger partial charge on any atom is 0.322 e. The van der Waals surface area contributed by atoms with Gasteiger partial charge < -0.3 is 24.9 Å². The van der Waals surface area contributed by atoms with Crippen molar-refractivity contribution in [2.75, 3.05) is 78.9 Å². The van der Waals surface area contributed by atoms with Crippen LogP contribution in [0.25, 0.3) is 10.9 Å². The number of piperazine rings is 2. The highest BCUT2D eigenvalue weighted by Gasteiger charge is 2.45. The lowest BCUT2D eigenvalue weighted by Crippen LogP contribution is -2.59. The van der Waals surface area contributed by atoms with Crippen LogP contribution < -0.4 is 25.3 Å². The van der Waals surface area contributed by atoms with E-state index in [2.05, 4.69) is 55.1 Å². The molecule has 2 N–H and O–H groups in total. The molecule has 4 fully saturated rings. The average molecular weight is 838 g/mol. The SMILES string of the molecule is C[C@@H]1CN(c2ccc(C#N)c3ncccc23)[C@@H](C)CN1C(=O)Nc1ccc(N2CCC(CCN3CCN(c4ccc5c(c4)C(=O)N(C4CCC(=O)NC4=O)C5=O)CC3)CC2)nc1. The lowest BCUT2D eigenvalue weighted by Gasteiger charge is -2.45. The number of nitriles is 1. The maximum absolute atomic E-state index is 13.5. The first-order valence-corrected chi connectivity index (χ1v) is 21.7. The van der Waals surface area contributed by atoms with Gasteiger partial charge in [0, 0.05) is 93.8 Å². The second kappa shape index (κ2) is 17.0. The highest BCUT2D eigenvalue weighted by atomic mass is 16.2. The standard InChI is InChI=1S/C46H51N11O5/c1-29-28-56(30(2)27-55(29)38-9-5-32(25-47)42-36(38)4-3-16-48-42)46(62)50-33-6-11-40(49-26-33)54-18-14-31(15-19-54)13-17-52-20-22-53(23-21-52)34-7-8-35-37(24-34)45(61)57(44(35)60)39-10-12-41(58)51-43(39)59/h3-9,11,16,24,26,29-31,39H,10,12-15,17-23,27-28H2,1-2H3,(H,50,62)(H,51,58,59)/t29-,30+,39?/m0/s1. The number of benzene rings is 2. The van der Waals surface area contributed by atoms with E-state index in [1.807, 2.05) is 47.4 Å². The number of imide groups is 2. The predicted octanol–water partition coefficient (Wildman–Crippen LogP) is 4.46. The van der Waals surface area contributed by atoms with Crippen LogP contribution in [0.1, 0.15) is 72.2 Å². The molecule has 0 saturated carbocycles. The van der Waals surface area contributed by atoms with Crippen molar-refractivity contribution in [3.05, 3.63) is 83.7 Å². The minimum absolute atomic E-state index is 0.0489. The molecule has 7 heterocycles. The number of amides is 6. The van der Waals surface area contributed by atoms with Crippen molar-refractivity contribution >= 4 is 63.4 Å². The third-order valence-electron chi connectivity index (χ3n) is 13.4. The summed E-state index contributed by atoms with van der Waals surface area (Å²) >= 11 is 0. The Labute approximate surface area is 360 Å². The molecule has 0 aliphatic carbocycles. The Hall–Kier alpha value is -6.60. The number of nitrogens with one attached hydrogen (secondary N) is 2. The quantitative estimate of drug-likeness (QED) is 0.239. The fraction of sp³-hybridized carbons (Fsp3) is 0.435. The number of hydrogen-bond acceptors (Lipinski definition) is 12. The molecule has 1 unspecified atom stereocenters. The van der Waals surface area contributed by atoms with Crippen LogP contribution in [0.15, 0.2) is 67.0 Å². The fourth-order valence-corrected chi connectivity index (χ4v) is 9.79. The molecule has 5 aliphatic heterocycles. The van der Waals surface area contributed by atoms with Crippen molar-refractivity contribution < 1.29 is 24.0 Å². The second-order valence-electron chi connectivity index (χ2n) is 17.2. The number of carbonyl (C=O) groups excluding carboxylic acids is 5. The van der Waals surface area contributed by atoms with Crippen LogP contribution in [0, 0.1) is 17.2 Å². The zero-order chi connectivity index (χ0) is 43.1. The summed E-state index contributed by atoms with van der Waals surface area (Å²) in [5, 5.41) is 15.8. The van der Waals surface area contributed by atoms with Gasteiger partial charge in [-0.2, -0.15) is 5.26 Å². The summed E-state index contributed by atoms with van der Waals surface area (Å²) in [5.41, 5.74) is 4.42. The molecule has 2 aromatic carbocycles. The van der Waals surface area contributed by atoms with Gasteiger partial charge in [-0.1, -0.05) is 0 Å². The number of carbonyl (C=O) groups is 5. The van der Waals surface area contributed by atoms with E-state index in [1.54, 1.807) is 24.5 Å². The van der Waals surface area contributed by atoms with Crippen molar-refractivity contribution in [2.45, 2.75) is 64.1 Å². The third kappa shape index (κ3) is 7.88. The Bertz CT molecular complexity index is 2460. The van der Waals surface area contributed by atoms with E-state index >= 15 is 0 Å². The molecule has 0 radical (unpaired) electrons. The average Bonchev–Trinajstić information content (AvgIpc) is 3.54. The zero-order valence-electron chi connectivity index (χ0n) is 35.1. The maximum atomic E-state index is 13.5. The lowest BCUT2D eigenvalue weighted by atomic mass is 9.93. The summed E-state index contributed by atoms with van der Waals surface area (Å²) in [4.78, 5) is 85.6. The van der Waals surface area contributed by atoms with E-state index in [0.717, 1.165) is 92.6 Å². The first kappa shape index (κ1) is 40.8. The number of nitrogens with zero attached hydrogens (tertiary/aromatic N) is 9. The summed E-state index contributed by atoms with van der Waals surface area (Å²) in [6, 6.07) is 18.1. The Balaban J connectivity index is 0.710. The van der Waals surface area contributed by atoms with Crippen LogP contribution in [0.5, 0.6) is 0 Å². The van der Waals surface area contributed by atoms with Gasteiger partial charge in [-0.3, -0.25) is 39.3 Å². The first-order chi connectivity index (χ1) is 30.1. The van der Waals surface area contributed by atoms with Gasteiger partial charge in [0.1, 0.15) is 17.9 Å². The van der Waals surface area contributed by atoms with E-state index in [4.69, 9.17) is 4.98 Å². The van der Waals surface area contributed by atoms with Crippen LogP contribution in [0.4, 0.5) is 27.7 Å². The molecule has 320 valence electrons. The summed E-state index contributed by atoms with van der Waals surface area (Å²) < 4.78 is 0. The first-order valence-electron chi connectivity index (χ1n) is 21.7. The van der Waals surface area contributed by atoms with Gasteiger partial charge in [0.05, 0.1) is 34.1 Å². The topological polar surface area (TPSA) is 178 Å². The predicted molar refractivity (Wildman–Crippen MR) is 234 cm³/mol. The van der Waals surface area contributed by atoms with Gasteiger partial charge in [0.15, 0.2) is 0 Å². The number of aromatic nitrogens is 2. The molecule has 4 aromatic rings. The van der Waals surface area contributed by atoms with Crippen molar-refractivity contribution in [1.82, 2.24) is 30.0 Å². The zero-order valence-corrected chi connectivity index (χ0v) is 35.1. The Kier molecular flexibility index (Phi) is 11.2. The van der Waals surface area contributed by atoms with E-state index in [1.165, 1.54) is 0 Å². The number of anilines is 4. The van der Waals surface area contributed by atoms with Gasteiger partial charge in [-0.15, -0.1) is 0 Å².